The van der Waals surface area contributed by atoms with Crippen LogP contribution in [0.15, 0.2) is 0 Å². The Hall–Kier alpha value is -0.120. The molecule has 1 atom stereocenters. The Labute approximate surface area is 99.6 Å². The first kappa shape index (κ1) is 13.9. The normalized spacial score (nSPS) is 24.6. The zero-order chi connectivity index (χ0) is 11.9. The van der Waals surface area contributed by atoms with Crippen LogP contribution >= 0.6 is 0 Å². The summed E-state index contributed by atoms with van der Waals surface area (Å²) in [5.41, 5.74) is 0.118. The van der Waals surface area contributed by atoms with Crippen LogP contribution in [0.5, 0.6) is 0 Å². The minimum Gasteiger partial charge on any atom is -0.396 e. The van der Waals surface area contributed by atoms with Gasteiger partial charge in [-0.25, -0.2) is 0 Å². The third-order valence-electron chi connectivity index (χ3n) is 3.80. The van der Waals surface area contributed by atoms with Crippen LogP contribution in [0.4, 0.5) is 0 Å². The summed E-state index contributed by atoms with van der Waals surface area (Å²) in [6.07, 6.45) is 6.46. The molecule has 0 amide bonds. The van der Waals surface area contributed by atoms with Crippen LogP contribution in [0.25, 0.3) is 0 Å². The molecule has 0 saturated carbocycles. The molecule has 0 aliphatic carbocycles. The molecular weight excluding hydrogens is 202 g/mol. The van der Waals surface area contributed by atoms with E-state index in [1.54, 1.807) is 0 Å². The van der Waals surface area contributed by atoms with Crippen molar-refractivity contribution in [2.24, 2.45) is 0 Å². The maximum absolute atomic E-state index is 8.71. The van der Waals surface area contributed by atoms with Crippen LogP contribution in [0, 0.1) is 0 Å². The van der Waals surface area contributed by atoms with Crippen LogP contribution in [-0.4, -0.2) is 36.5 Å². The van der Waals surface area contributed by atoms with Gasteiger partial charge in [-0.2, -0.15) is 0 Å². The van der Waals surface area contributed by atoms with Gasteiger partial charge in [-0.3, -0.25) is 0 Å². The lowest BCUT2D eigenvalue weighted by molar-refractivity contribution is -0.0929. The fourth-order valence-electron chi connectivity index (χ4n) is 2.49. The number of unbranched alkanes of at least 4 members (excludes halogenated alkanes) is 1. The molecule has 0 spiro atoms. The van der Waals surface area contributed by atoms with Crippen LogP contribution in [-0.2, 0) is 4.74 Å². The van der Waals surface area contributed by atoms with E-state index >= 15 is 0 Å². The van der Waals surface area contributed by atoms with Gasteiger partial charge < -0.3 is 15.2 Å². The second-order valence-electron chi connectivity index (χ2n) is 4.81. The van der Waals surface area contributed by atoms with E-state index in [-0.39, 0.29) is 5.60 Å². The summed E-state index contributed by atoms with van der Waals surface area (Å²) >= 11 is 0. The van der Waals surface area contributed by atoms with Crippen molar-refractivity contribution in [1.29, 1.82) is 0 Å². The minimum atomic E-state index is 0.118. The smallest absolute Gasteiger partial charge is 0.0692 e. The van der Waals surface area contributed by atoms with E-state index in [1.165, 1.54) is 0 Å². The summed E-state index contributed by atoms with van der Waals surface area (Å²) in [5, 5.41) is 12.3. The molecule has 3 heteroatoms. The molecule has 1 fully saturated rings. The molecule has 1 rings (SSSR count). The number of aliphatic hydroxyl groups is 1. The Morgan fingerprint density at radius 3 is 2.69 bits per heavy atom. The van der Waals surface area contributed by atoms with Crippen LogP contribution in [0.2, 0.25) is 0 Å². The molecular formula is C13H27NO2. The van der Waals surface area contributed by atoms with Crippen molar-refractivity contribution in [1.82, 2.24) is 5.32 Å². The highest BCUT2D eigenvalue weighted by atomic mass is 16.5. The summed E-state index contributed by atoms with van der Waals surface area (Å²) in [5.74, 6) is 0. The molecule has 0 aromatic carbocycles. The van der Waals surface area contributed by atoms with Gasteiger partial charge in [-0.05, 0) is 45.1 Å². The van der Waals surface area contributed by atoms with E-state index in [0.29, 0.717) is 12.6 Å². The van der Waals surface area contributed by atoms with Crippen molar-refractivity contribution in [3.05, 3.63) is 0 Å². The lowest BCUT2D eigenvalue weighted by Crippen LogP contribution is -2.46. The zero-order valence-corrected chi connectivity index (χ0v) is 10.8. The van der Waals surface area contributed by atoms with E-state index in [4.69, 9.17) is 9.84 Å². The number of rotatable bonds is 7. The van der Waals surface area contributed by atoms with Crippen molar-refractivity contribution in [2.45, 2.75) is 64.0 Å². The van der Waals surface area contributed by atoms with E-state index in [2.05, 4.69) is 19.2 Å². The van der Waals surface area contributed by atoms with Gasteiger partial charge in [0.25, 0.3) is 0 Å². The third-order valence-corrected chi connectivity index (χ3v) is 3.80. The Morgan fingerprint density at radius 2 is 2.06 bits per heavy atom. The number of nitrogens with one attached hydrogen (secondary N) is 1. The van der Waals surface area contributed by atoms with Crippen molar-refractivity contribution >= 4 is 0 Å². The molecule has 0 bridgehead atoms. The molecule has 1 aliphatic rings. The van der Waals surface area contributed by atoms with Crippen LogP contribution in [0.3, 0.4) is 0 Å². The third kappa shape index (κ3) is 4.04. The first-order chi connectivity index (χ1) is 7.76. The van der Waals surface area contributed by atoms with Gasteiger partial charge in [-0.1, -0.05) is 13.8 Å². The number of hydrogen-bond acceptors (Lipinski definition) is 3. The highest BCUT2D eigenvalue weighted by molar-refractivity contribution is 4.87. The molecule has 1 saturated heterocycles. The van der Waals surface area contributed by atoms with Gasteiger partial charge in [0, 0.05) is 19.3 Å². The first-order valence-corrected chi connectivity index (χ1v) is 6.74. The predicted octanol–water partition coefficient (Wildman–Crippen LogP) is 2.09. The van der Waals surface area contributed by atoms with Crippen LogP contribution < -0.4 is 5.32 Å². The lowest BCUT2D eigenvalue weighted by atomic mass is 9.86. The second kappa shape index (κ2) is 7.25. The first-order valence-electron chi connectivity index (χ1n) is 6.74. The number of aliphatic hydroxyl groups excluding tert-OH is 1. The summed E-state index contributed by atoms with van der Waals surface area (Å²) in [7, 11) is 0. The molecule has 2 N–H and O–H groups in total. The van der Waals surface area contributed by atoms with Gasteiger partial charge in [0.1, 0.15) is 0 Å². The molecule has 96 valence electrons. The maximum Gasteiger partial charge on any atom is 0.0692 e. The average Bonchev–Trinajstić information content (AvgIpc) is 2.35. The Balaban J connectivity index is 2.27. The predicted molar refractivity (Wildman–Crippen MR) is 66.6 cm³/mol. The second-order valence-corrected chi connectivity index (χ2v) is 4.81. The summed E-state index contributed by atoms with van der Waals surface area (Å²) in [4.78, 5) is 0. The quantitative estimate of drug-likeness (QED) is 0.657. The van der Waals surface area contributed by atoms with Gasteiger partial charge >= 0.3 is 0 Å². The van der Waals surface area contributed by atoms with Crippen molar-refractivity contribution in [2.75, 3.05) is 19.8 Å². The monoisotopic (exact) mass is 229 g/mol. The largest absolute Gasteiger partial charge is 0.396 e. The zero-order valence-electron chi connectivity index (χ0n) is 10.8. The SMILES string of the molecule is CCC1(CC)CC(NCCCCO)CCO1. The molecule has 16 heavy (non-hydrogen) atoms. The molecule has 3 nitrogen and oxygen atoms in total. The molecule has 0 aromatic rings. The van der Waals surface area contributed by atoms with Gasteiger partial charge in [0.15, 0.2) is 0 Å². The molecule has 0 radical (unpaired) electrons. The van der Waals surface area contributed by atoms with Gasteiger partial charge in [0.2, 0.25) is 0 Å². The Kier molecular flexibility index (Phi) is 6.32. The molecule has 1 unspecified atom stereocenters. The maximum atomic E-state index is 8.71. The average molecular weight is 229 g/mol. The molecule has 0 aromatic heterocycles. The van der Waals surface area contributed by atoms with Gasteiger partial charge in [0.05, 0.1) is 5.60 Å². The lowest BCUT2D eigenvalue weighted by Gasteiger charge is -2.40. The van der Waals surface area contributed by atoms with Crippen molar-refractivity contribution < 1.29 is 9.84 Å². The van der Waals surface area contributed by atoms with E-state index in [9.17, 15) is 0 Å². The van der Waals surface area contributed by atoms with E-state index in [0.717, 1.165) is 51.7 Å². The van der Waals surface area contributed by atoms with Crippen molar-refractivity contribution in [3.63, 3.8) is 0 Å². The fraction of sp³-hybridized carbons (Fsp3) is 1.00. The number of ether oxygens (including phenoxy) is 1. The minimum absolute atomic E-state index is 0.118. The topological polar surface area (TPSA) is 41.5 Å². The summed E-state index contributed by atoms with van der Waals surface area (Å²) < 4.78 is 5.94. The highest BCUT2D eigenvalue weighted by Crippen LogP contribution is 2.31. The summed E-state index contributed by atoms with van der Waals surface area (Å²) in [6.45, 7) is 6.66. The molecule has 1 heterocycles. The molecule has 1 aliphatic heterocycles. The van der Waals surface area contributed by atoms with Crippen LogP contribution in [0.1, 0.15) is 52.4 Å². The summed E-state index contributed by atoms with van der Waals surface area (Å²) in [6, 6.07) is 0.604. The highest BCUT2D eigenvalue weighted by Gasteiger charge is 2.33. The Bertz CT molecular complexity index is 181. The Morgan fingerprint density at radius 1 is 1.31 bits per heavy atom. The van der Waals surface area contributed by atoms with Crippen molar-refractivity contribution in [3.8, 4) is 0 Å². The standard InChI is InChI=1S/C13H27NO2/c1-3-13(4-2)11-12(7-10-16-13)14-8-5-6-9-15/h12,14-15H,3-11H2,1-2H3. The van der Waals surface area contributed by atoms with Gasteiger partial charge in [-0.15, -0.1) is 0 Å². The fourth-order valence-corrected chi connectivity index (χ4v) is 2.49. The van der Waals surface area contributed by atoms with E-state index in [1.807, 2.05) is 0 Å². The number of hydrogen-bond donors (Lipinski definition) is 2. The van der Waals surface area contributed by atoms with E-state index < -0.39 is 0 Å².